The second-order valence-corrected chi connectivity index (χ2v) is 12.8. The van der Waals surface area contributed by atoms with E-state index in [0.29, 0.717) is 0 Å². The molecule has 0 radical (unpaired) electrons. The van der Waals surface area contributed by atoms with E-state index in [1.54, 1.807) is 0 Å². The molecule has 10 rings (SSSR count). The molecule has 2 aliphatic rings. The van der Waals surface area contributed by atoms with Gasteiger partial charge < -0.3 is 4.57 Å². The smallest absolute Gasteiger partial charge is 0.0548 e. The SMILES string of the molecule is CC1(C)c2cccc3c2-c2c1ccc1ccc4c(c21)c1c-3cccc1n4-c1ccc2sc3ccccc3c2c1. The Hall–Kier alpha value is -4.40. The molecule has 2 heterocycles. The van der Waals surface area contributed by atoms with E-state index >= 15 is 0 Å². The van der Waals surface area contributed by atoms with E-state index in [2.05, 4.69) is 122 Å². The first-order chi connectivity index (χ1) is 19.1. The van der Waals surface area contributed by atoms with E-state index < -0.39 is 0 Å². The summed E-state index contributed by atoms with van der Waals surface area (Å²) in [5.74, 6) is 0. The van der Waals surface area contributed by atoms with Gasteiger partial charge in [0.25, 0.3) is 0 Å². The van der Waals surface area contributed by atoms with E-state index in [1.807, 2.05) is 11.3 Å². The van der Waals surface area contributed by atoms with Crippen molar-refractivity contribution < 1.29 is 0 Å². The molecule has 0 spiro atoms. The Morgan fingerprint density at radius 2 is 1.33 bits per heavy atom. The molecule has 1 nitrogen and oxygen atoms in total. The van der Waals surface area contributed by atoms with Gasteiger partial charge in [0, 0.05) is 42.0 Å². The van der Waals surface area contributed by atoms with Crippen LogP contribution in [-0.4, -0.2) is 4.57 Å². The third-order valence-electron chi connectivity index (χ3n) is 9.51. The maximum atomic E-state index is 2.51. The van der Waals surface area contributed by atoms with Crippen LogP contribution in [0.3, 0.4) is 0 Å². The molecular weight excluding hydrogens is 490 g/mol. The van der Waals surface area contributed by atoms with Crippen molar-refractivity contribution in [3.8, 4) is 27.9 Å². The molecule has 0 unspecified atom stereocenters. The van der Waals surface area contributed by atoms with E-state index in [-0.39, 0.29) is 5.41 Å². The van der Waals surface area contributed by atoms with Crippen LogP contribution in [0.25, 0.3) is 80.7 Å². The normalized spacial score (nSPS) is 14.6. The van der Waals surface area contributed by atoms with Crippen LogP contribution in [0, 0.1) is 0 Å². The lowest BCUT2D eigenvalue weighted by Crippen LogP contribution is -2.14. The summed E-state index contributed by atoms with van der Waals surface area (Å²) in [5, 5.41) is 8.20. The van der Waals surface area contributed by atoms with E-state index in [4.69, 9.17) is 0 Å². The van der Waals surface area contributed by atoms with Gasteiger partial charge in [0.2, 0.25) is 0 Å². The van der Waals surface area contributed by atoms with Crippen LogP contribution in [0.4, 0.5) is 0 Å². The molecule has 0 saturated carbocycles. The summed E-state index contributed by atoms with van der Waals surface area (Å²) in [6, 6.07) is 39.1. The maximum absolute atomic E-state index is 2.51. The molecule has 0 saturated heterocycles. The van der Waals surface area contributed by atoms with Gasteiger partial charge >= 0.3 is 0 Å². The van der Waals surface area contributed by atoms with Gasteiger partial charge in [0.05, 0.1) is 11.0 Å². The van der Waals surface area contributed by atoms with Crippen LogP contribution in [0.5, 0.6) is 0 Å². The van der Waals surface area contributed by atoms with Crippen LogP contribution in [0.2, 0.25) is 0 Å². The zero-order valence-electron chi connectivity index (χ0n) is 21.7. The number of nitrogens with zero attached hydrogens (tertiary/aromatic N) is 1. The predicted octanol–water partition coefficient (Wildman–Crippen LogP) is 10.6. The number of benzene rings is 6. The van der Waals surface area contributed by atoms with Crippen molar-refractivity contribution in [3.63, 3.8) is 0 Å². The van der Waals surface area contributed by atoms with Crippen molar-refractivity contribution in [1.82, 2.24) is 4.57 Å². The molecule has 39 heavy (non-hydrogen) atoms. The second-order valence-electron chi connectivity index (χ2n) is 11.7. The van der Waals surface area contributed by atoms with Crippen molar-refractivity contribution in [2.75, 3.05) is 0 Å². The van der Waals surface area contributed by atoms with E-state index in [9.17, 15) is 0 Å². The number of thiophene rings is 1. The third-order valence-corrected chi connectivity index (χ3v) is 10.7. The van der Waals surface area contributed by atoms with Crippen LogP contribution in [-0.2, 0) is 5.41 Å². The topological polar surface area (TPSA) is 4.93 Å². The Morgan fingerprint density at radius 3 is 2.28 bits per heavy atom. The van der Waals surface area contributed by atoms with Crippen molar-refractivity contribution in [3.05, 3.63) is 114 Å². The second kappa shape index (κ2) is 6.59. The number of hydrogen-bond donors (Lipinski definition) is 0. The Morgan fingerprint density at radius 1 is 0.564 bits per heavy atom. The molecule has 8 aromatic rings. The largest absolute Gasteiger partial charge is 0.309 e. The Labute approximate surface area is 229 Å². The lowest BCUT2D eigenvalue weighted by molar-refractivity contribution is 0.661. The molecule has 182 valence electrons. The fourth-order valence-electron chi connectivity index (χ4n) is 7.81. The molecule has 6 aromatic carbocycles. The quantitative estimate of drug-likeness (QED) is 0.206. The first-order valence-electron chi connectivity index (χ1n) is 13.7. The average molecular weight is 514 g/mol. The summed E-state index contributed by atoms with van der Waals surface area (Å²) in [7, 11) is 0. The van der Waals surface area contributed by atoms with Crippen molar-refractivity contribution in [2.24, 2.45) is 0 Å². The Balaban J connectivity index is 1.44. The van der Waals surface area contributed by atoms with Crippen LogP contribution >= 0.6 is 11.3 Å². The van der Waals surface area contributed by atoms with Gasteiger partial charge in [-0.15, -0.1) is 11.3 Å². The molecule has 0 atom stereocenters. The minimum absolute atomic E-state index is 0.0178. The van der Waals surface area contributed by atoms with Crippen LogP contribution < -0.4 is 0 Å². The average Bonchev–Trinajstić information content (AvgIpc) is 3.55. The third kappa shape index (κ3) is 2.27. The monoisotopic (exact) mass is 513 g/mol. The standard InChI is InChI=1S/C37H23NS/c1-37(2)26-10-5-8-23-24-9-6-11-28-34(24)36-29(17-14-20-13-16-27(37)35(32(20)36)33(23)26)38(28)21-15-18-31-25(19-21)22-7-3-4-12-30(22)39-31/h3-19H,1-2H3. The molecule has 0 bridgehead atoms. The number of aromatic nitrogens is 1. The molecule has 0 amide bonds. The van der Waals surface area contributed by atoms with Gasteiger partial charge in [-0.05, 0) is 80.6 Å². The van der Waals surface area contributed by atoms with Crippen LogP contribution in [0.15, 0.2) is 103 Å². The number of rotatable bonds is 1. The summed E-state index contributed by atoms with van der Waals surface area (Å²) in [6.07, 6.45) is 0. The zero-order chi connectivity index (χ0) is 25.6. The highest BCUT2D eigenvalue weighted by atomic mass is 32.1. The van der Waals surface area contributed by atoms with Gasteiger partial charge in [-0.1, -0.05) is 80.6 Å². The Kier molecular flexibility index (Phi) is 3.47. The summed E-state index contributed by atoms with van der Waals surface area (Å²) in [4.78, 5) is 0. The number of hydrogen-bond acceptors (Lipinski definition) is 1. The maximum Gasteiger partial charge on any atom is 0.0548 e. The predicted molar refractivity (Wildman–Crippen MR) is 168 cm³/mol. The lowest BCUT2D eigenvalue weighted by atomic mass is 9.81. The summed E-state index contributed by atoms with van der Waals surface area (Å²) < 4.78 is 5.20. The molecule has 2 aromatic heterocycles. The van der Waals surface area contributed by atoms with Crippen LogP contribution in [0.1, 0.15) is 25.0 Å². The minimum atomic E-state index is -0.0178. The van der Waals surface area contributed by atoms with Crippen molar-refractivity contribution >= 4 is 64.1 Å². The molecule has 2 aliphatic carbocycles. The Bertz CT molecular complexity index is 2410. The first kappa shape index (κ1) is 20.5. The molecule has 0 fully saturated rings. The highest BCUT2D eigenvalue weighted by molar-refractivity contribution is 7.25. The van der Waals surface area contributed by atoms with Gasteiger partial charge in [-0.3, -0.25) is 0 Å². The lowest BCUT2D eigenvalue weighted by Gasteiger charge is -2.22. The molecular formula is C37H23NS. The fraction of sp³-hybridized carbons (Fsp3) is 0.0811. The summed E-state index contributed by atoms with van der Waals surface area (Å²) in [6.45, 7) is 4.78. The van der Waals surface area contributed by atoms with Crippen molar-refractivity contribution in [1.29, 1.82) is 0 Å². The van der Waals surface area contributed by atoms with E-state index in [1.165, 1.54) is 91.8 Å². The molecule has 0 N–H and O–H groups in total. The van der Waals surface area contributed by atoms with Gasteiger partial charge in [0.15, 0.2) is 0 Å². The zero-order valence-corrected chi connectivity index (χ0v) is 22.5. The highest BCUT2D eigenvalue weighted by Gasteiger charge is 2.40. The van der Waals surface area contributed by atoms with Gasteiger partial charge in [0.1, 0.15) is 0 Å². The van der Waals surface area contributed by atoms with Gasteiger partial charge in [-0.2, -0.15) is 0 Å². The molecule has 2 heteroatoms. The van der Waals surface area contributed by atoms with Crippen molar-refractivity contribution in [2.45, 2.75) is 19.3 Å². The number of fused-ring (bicyclic) bond motifs is 4. The fourth-order valence-corrected chi connectivity index (χ4v) is 8.90. The summed E-state index contributed by atoms with van der Waals surface area (Å²) >= 11 is 1.88. The van der Waals surface area contributed by atoms with Gasteiger partial charge in [-0.25, -0.2) is 0 Å². The first-order valence-corrected chi connectivity index (χ1v) is 14.5. The highest BCUT2D eigenvalue weighted by Crippen LogP contribution is 2.58. The molecule has 0 aliphatic heterocycles. The minimum Gasteiger partial charge on any atom is -0.309 e. The summed E-state index contributed by atoms with van der Waals surface area (Å²) in [5.41, 5.74) is 12.3. The van der Waals surface area contributed by atoms with E-state index in [0.717, 1.165) is 0 Å².